The number of anilines is 2. The zero-order valence-corrected chi connectivity index (χ0v) is 20.8. The first-order valence-corrected chi connectivity index (χ1v) is 12.5. The SMILES string of the molecule is CN(C)[C@]1(c2ccccc2)CC[C@]2(CC1)CN(c1cnc(N3CCOCC3)c(C(F)(F)F)c1)C(O)N2. The fraction of sp³-hybridized carbons (Fsp3) is 0.577. The molecule has 0 amide bonds. The Hall–Kier alpha value is -2.40. The monoisotopic (exact) mass is 505 g/mol. The van der Waals surface area contributed by atoms with Crippen molar-refractivity contribution in [1.82, 2.24) is 15.2 Å². The molecule has 0 radical (unpaired) electrons. The lowest BCUT2D eigenvalue weighted by atomic mass is 9.69. The van der Waals surface area contributed by atoms with E-state index in [0.29, 0.717) is 32.8 Å². The van der Waals surface area contributed by atoms with Gasteiger partial charge < -0.3 is 19.6 Å². The lowest BCUT2D eigenvalue weighted by Crippen LogP contribution is -2.54. The van der Waals surface area contributed by atoms with Crippen molar-refractivity contribution in [2.75, 3.05) is 56.7 Å². The molecule has 10 heteroatoms. The summed E-state index contributed by atoms with van der Waals surface area (Å²) in [5, 5.41) is 14.2. The fourth-order valence-corrected chi connectivity index (χ4v) is 6.07. The molecule has 2 N–H and O–H groups in total. The average molecular weight is 506 g/mol. The Bertz CT molecular complexity index is 1050. The Morgan fingerprint density at radius 1 is 1.08 bits per heavy atom. The fourth-order valence-electron chi connectivity index (χ4n) is 6.07. The summed E-state index contributed by atoms with van der Waals surface area (Å²) in [5.74, 6) is -0.0813. The maximum absolute atomic E-state index is 14.0. The van der Waals surface area contributed by atoms with Crippen LogP contribution in [0.1, 0.15) is 36.8 Å². The second-order valence-electron chi connectivity index (χ2n) is 10.4. The van der Waals surface area contributed by atoms with E-state index in [-0.39, 0.29) is 22.6 Å². The third-order valence-electron chi connectivity index (χ3n) is 8.20. The van der Waals surface area contributed by atoms with Gasteiger partial charge in [0.05, 0.1) is 25.1 Å². The summed E-state index contributed by atoms with van der Waals surface area (Å²) in [7, 11) is 4.18. The molecule has 0 bridgehead atoms. The Kier molecular flexibility index (Phi) is 6.65. The van der Waals surface area contributed by atoms with E-state index in [1.165, 1.54) is 11.8 Å². The summed E-state index contributed by atoms with van der Waals surface area (Å²) in [6.45, 7) is 1.89. The zero-order valence-electron chi connectivity index (χ0n) is 20.8. The molecule has 3 heterocycles. The van der Waals surface area contributed by atoms with Gasteiger partial charge in [0.1, 0.15) is 11.4 Å². The van der Waals surface area contributed by atoms with Crippen LogP contribution in [0.25, 0.3) is 0 Å². The molecule has 2 aromatic rings. The smallest absolute Gasteiger partial charge is 0.378 e. The molecule has 5 rings (SSSR count). The third kappa shape index (κ3) is 4.55. The quantitative estimate of drug-likeness (QED) is 0.661. The van der Waals surface area contributed by atoms with Crippen molar-refractivity contribution < 1.29 is 23.0 Å². The number of aliphatic hydroxyl groups is 1. The normalized spacial score (nSPS) is 29.4. The number of nitrogens with one attached hydrogen (secondary N) is 1. The highest BCUT2D eigenvalue weighted by Crippen LogP contribution is 2.47. The van der Waals surface area contributed by atoms with E-state index < -0.39 is 18.1 Å². The Balaban J connectivity index is 1.38. The molecule has 36 heavy (non-hydrogen) atoms. The first-order chi connectivity index (χ1) is 17.1. The number of pyridine rings is 1. The highest BCUT2D eigenvalue weighted by molar-refractivity contribution is 5.58. The number of hydrogen-bond acceptors (Lipinski definition) is 7. The number of rotatable bonds is 4. The topological polar surface area (TPSA) is 64.1 Å². The maximum atomic E-state index is 14.0. The standard InChI is InChI=1S/C26H34F3N5O2/c1-32(2)25(19-6-4-3-5-7-19)10-8-24(9-11-25)18-34(23(35)31-24)20-16-21(26(27,28)29)22(30-17-20)33-12-14-36-15-13-33/h3-7,16-17,23,31,35H,8-15,18H2,1-2H3/t23?,24-,25+. The zero-order chi connectivity index (χ0) is 25.6. The molecule has 2 aliphatic heterocycles. The van der Waals surface area contributed by atoms with Gasteiger partial charge >= 0.3 is 6.18 Å². The molecule has 1 aromatic carbocycles. The molecule has 196 valence electrons. The van der Waals surface area contributed by atoms with Crippen molar-refractivity contribution >= 4 is 11.5 Å². The molecule has 1 atom stereocenters. The van der Waals surface area contributed by atoms with E-state index in [1.54, 1.807) is 9.80 Å². The van der Waals surface area contributed by atoms with Gasteiger partial charge in [-0.2, -0.15) is 13.2 Å². The van der Waals surface area contributed by atoms with Gasteiger partial charge in [-0.3, -0.25) is 10.2 Å². The van der Waals surface area contributed by atoms with Crippen LogP contribution in [-0.2, 0) is 16.5 Å². The average Bonchev–Trinajstić information content (AvgIpc) is 3.20. The van der Waals surface area contributed by atoms with E-state index in [1.807, 2.05) is 6.07 Å². The van der Waals surface area contributed by atoms with Crippen molar-refractivity contribution in [3.63, 3.8) is 0 Å². The lowest BCUT2D eigenvalue weighted by Gasteiger charge is -2.49. The number of aromatic nitrogens is 1. The second-order valence-corrected chi connectivity index (χ2v) is 10.4. The molecular formula is C26H34F3N5O2. The van der Waals surface area contributed by atoms with Gasteiger partial charge in [0.15, 0.2) is 6.35 Å². The number of hydrogen-bond donors (Lipinski definition) is 2. The van der Waals surface area contributed by atoms with E-state index >= 15 is 0 Å². The molecule has 7 nitrogen and oxygen atoms in total. The van der Waals surface area contributed by atoms with Crippen LogP contribution in [0.5, 0.6) is 0 Å². The van der Waals surface area contributed by atoms with E-state index in [2.05, 4.69) is 53.6 Å². The Labute approximate surface area is 209 Å². The highest BCUT2D eigenvalue weighted by atomic mass is 19.4. The summed E-state index contributed by atoms with van der Waals surface area (Å²) in [4.78, 5) is 9.72. The number of halogens is 3. The summed E-state index contributed by atoms with van der Waals surface area (Å²) >= 11 is 0. The third-order valence-corrected chi connectivity index (χ3v) is 8.20. The van der Waals surface area contributed by atoms with Crippen molar-refractivity contribution in [3.8, 4) is 0 Å². The van der Waals surface area contributed by atoms with E-state index in [4.69, 9.17) is 4.74 Å². The molecule has 2 saturated heterocycles. The number of nitrogens with zero attached hydrogens (tertiary/aromatic N) is 4. The Morgan fingerprint density at radius 3 is 2.36 bits per heavy atom. The first-order valence-electron chi connectivity index (χ1n) is 12.5. The maximum Gasteiger partial charge on any atom is 0.420 e. The van der Waals surface area contributed by atoms with Crippen molar-refractivity contribution in [2.45, 2.75) is 49.3 Å². The van der Waals surface area contributed by atoms with Gasteiger partial charge in [0, 0.05) is 30.7 Å². The van der Waals surface area contributed by atoms with Gasteiger partial charge in [-0.15, -0.1) is 0 Å². The number of benzene rings is 1. The number of ether oxygens (including phenoxy) is 1. The Morgan fingerprint density at radius 2 is 1.75 bits per heavy atom. The highest BCUT2D eigenvalue weighted by Gasteiger charge is 2.50. The van der Waals surface area contributed by atoms with Gasteiger partial charge in [-0.25, -0.2) is 4.98 Å². The molecule has 1 aromatic heterocycles. The van der Waals surface area contributed by atoms with Crippen LogP contribution >= 0.6 is 0 Å². The first kappa shape index (κ1) is 25.3. The minimum atomic E-state index is -4.56. The summed E-state index contributed by atoms with van der Waals surface area (Å²) in [6.07, 6.45) is -0.859. The molecule has 3 aliphatic rings. The van der Waals surface area contributed by atoms with Crippen molar-refractivity contribution in [2.24, 2.45) is 0 Å². The predicted octanol–water partition coefficient (Wildman–Crippen LogP) is 3.39. The molecular weight excluding hydrogens is 471 g/mol. The summed E-state index contributed by atoms with van der Waals surface area (Å²) in [5.41, 5.74) is 0.253. The van der Waals surface area contributed by atoms with Gasteiger partial charge in [0.2, 0.25) is 0 Å². The number of alkyl halides is 3. The van der Waals surface area contributed by atoms with Crippen molar-refractivity contribution in [1.29, 1.82) is 0 Å². The van der Waals surface area contributed by atoms with Gasteiger partial charge in [-0.1, -0.05) is 30.3 Å². The van der Waals surface area contributed by atoms with E-state index in [9.17, 15) is 18.3 Å². The molecule has 1 saturated carbocycles. The summed E-state index contributed by atoms with van der Waals surface area (Å²) < 4.78 is 47.4. The minimum absolute atomic E-state index is 0.0813. The van der Waals surface area contributed by atoms with Crippen LogP contribution in [0, 0.1) is 0 Å². The van der Waals surface area contributed by atoms with Crippen LogP contribution < -0.4 is 15.1 Å². The van der Waals surface area contributed by atoms with Gasteiger partial charge in [0.25, 0.3) is 0 Å². The summed E-state index contributed by atoms with van der Waals surface area (Å²) in [6, 6.07) is 11.5. The number of morpholine rings is 1. The van der Waals surface area contributed by atoms with Crippen molar-refractivity contribution in [3.05, 3.63) is 53.7 Å². The lowest BCUT2D eigenvalue weighted by molar-refractivity contribution is -0.137. The van der Waals surface area contributed by atoms with Crippen LogP contribution in [0.2, 0.25) is 0 Å². The molecule has 3 fully saturated rings. The predicted molar refractivity (Wildman–Crippen MR) is 132 cm³/mol. The second kappa shape index (κ2) is 9.48. The minimum Gasteiger partial charge on any atom is -0.378 e. The van der Waals surface area contributed by atoms with Gasteiger partial charge in [-0.05, 0) is 51.4 Å². The molecule has 1 unspecified atom stereocenters. The van der Waals surface area contributed by atoms with E-state index in [0.717, 1.165) is 31.7 Å². The van der Waals surface area contributed by atoms with Crippen LogP contribution in [-0.4, -0.2) is 73.8 Å². The molecule has 1 aliphatic carbocycles. The number of aliphatic hydroxyl groups excluding tert-OH is 1. The van der Waals surface area contributed by atoms with Crippen LogP contribution in [0.4, 0.5) is 24.7 Å². The largest absolute Gasteiger partial charge is 0.420 e. The van der Waals surface area contributed by atoms with Crippen LogP contribution in [0.15, 0.2) is 42.6 Å². The van der Waals surface area contributed by atoms with Crippen LogP contribution in [0.3, 0.4) is 0 Å². The molecule has 1 spiro atoms.